The summed E-state index contributed by atoms with van der Waals surface area (Å²) in [5.74, 6) is -3.49. The molecule has 84 valence electrons. The lowest BCUT2D eigenvalue weighted by molar-refractivity contribution is -0.127. The minimum Gasteiger partial charge on any atom is -0.350 e. The summed E-state index contributed by atoms with van der Waals surface area (Å²) in [5.41, 5.74) is 4.83. The number of nitrogens with one attached hydrogen (secondary N) is 1. The van der Waals surface area contributed by atoms with Gasteiger partial charge in [-0.1, -0.05) is 13.8 Å². The zero-order valence-corrected chi connectivity index (χ0v) is 8.65. The Balaban J connectivity index is 3.95. The molecule has 1 amide bonds. The average molecular weight is 208 g/mol. The van der Waals surface area contributed by atoms with Gasteiger partial charge in [0.1, 0.15) is 0 Å². The maximum absolute atomic E-state index is 12.6. The Hall–Kier alpha value is -0.710. The van der Waals surface area contributed by atoms with E-state index in [0.717, 1.165) is 0 Å². The van der Waals surface area contributed by atoms with Crippen LogP contribution in [0.25, 0.3) is 0 Å². The molecule has 0 aromatic rings. The Labute approximate surface area is 83.0 Å². The highest BCUT2D eigenvalue weighted by Gasteiger charge is 2.28. The van der Waals surface area contributed by atoms with Gasteiger partial charge in [0.05, 0.1) is 13.1 Å². The minimum atomic E-state index is -3.00. The van der Waals surface area contributed by atoms with Crippen molar-refractivity contribution >= 4 is 5.91 Å². The molecule has 0 aliphatic heterocycles. The molecule has 0 spiro atoms. The highest BCUT2D eigenvalue weighted by atomic mass is 19.3. The molecule has 0 rings (SSSR count). The van der Waals surface area contributed by atoms with Crippen LogP contribution in [0.5, 0.6) is 0 Å². The van der Waals surface area contributed by atoms with Gasteiger partial charge in [0, 0.05) is 5.92 Å². The van der Waals surface area contributed by atoms with Crippen molar-refractivity contribution in [3.05, 3.63) is 0 Å². The Morgan fingerprint density at radius 1 is 1.43 bits per heavy atom. The fraction of sp³-hybridized carbons (Fsp3) is 0.889. The third-order valence-corrected chi connectivity index (χ3v) is 2.18. The molecular weight excluding hydrogens is 190 g/mol. The maximum atomic E-state index is 12.6. The van der Waals surface area contributed by atoms with E-state index in [1.165, 1.54) is 0 Å². The molecule has 0 aliphatic carbocycles. The van der Waals surface area contributed by atoms with Gasteiger partial charge in [-0.15, -0.1) is 0 Å². The third-order valence-electron chi connectivity index (χ3n) is 2.18. The number of hydrogen-bond acceptors (Lipinski definition) is 2. The number of amides is 1. The molecule has 0 aliphatic rings. The number of alkyl halides is 2. The second-order valence-electron chi connectivity index (χ2n) is 3.29. The topological polar surface area (TPSA) is 55.1 Å². The highest BCUT2D eigenvalue weighted by molar-refractivity contribution is 5.78. The van der Waals surface area contributed by atoms with E-state index in [2.05, 4.69) is 5.32 Å². The largest absolute Gasteiger partial charge is 0.350 e. The molecule has 14 heavy (non-hydrogen) atoms. The van der Waals surface area contributed by atoms with Gasteiger partial charge in [-0.05, 0) is 12.8 Å². The van der Waals surface area contributed by atoms with Gasteiger partial charge in [0.25, 0.3) is 5.92 Å². The van der Waals surface area contributed by atoms with E-state index in [9.17, 15) is 13.6 Å². The number of carbonyl (C=O) groups excluding carboxylic acids is 1. The summed E-state index contributed by atoms with van der Waals surface area (Å²) in [6.45, 7) is 2.30. The van der Waals surface area contributed by atoms with Crippen molar-refractivity contribution in [1.82, 2.24) is 5.32 Å². The Kier molecular flexibility index (Phi) is 5.60. The number of halogens is 2. The molecule has 0 saturated heterocycles. The number of hydrogen-bond donors (Lipinski definition) is 2. The molecule has 0 bridgehead atoms. The molecule has 0 radical (unpaired) electrons. The molecule has 0 heterocycles. The standard InChI is InChI=1S/C9H18F2N2O/c1-3-7(4-2)8(14)13-6-9(10,11)5-12/h7H,3-6,12H2,1-2H3,(H,13,14). The van der Waals surface area contributed by atoms with E-state index in [4.69, 9.17) is 5.73 Å². The maximum Gasteiger partial charge on any atom is 0.277 e. The van der Waals surface area contributed by atoms with Crippen LogP contribution in [0.4, 0.5) is 8.78 Å². The second-order valence-corrected chi connectivity index (χ2v) is 3.29. The molecule has 0 saturated carbocycles. The summed E-state index contributed by atoms with van der Waals surface area (Å²) in [5, 5.41) is 2.21. The van der Waals surface area contributed by atoms with Crippen LogP contribution in [-0.4, -0.2) is 24.9 Å². The first-order chi connectivity index (χ1) is 6.46. The molecular formula is C9H18F2N2O. The smallest absolute Gasteiger partial charge is 0.277 e. The van der Waals surface area contributed by atoms with Gasteiger partial charge in [-0.3, -0.25) is 4.79 Å². The highest BCUT2D eigenvalue weighted by Crippen LogP contribution is 2.11. The van der Waals surface area contributed by atoms with E-state index in [1.807, 2.05) is 13.8 Å². The van der Waals surface area contributed by atoms with E-state index >= 15 is 0 Å². The summed E-state index contributed by atoms with van der Waals surface area (Å²) in [4.78, 5) is 11.3. The Morgan fingerprint density at radius 3 is 2.29 bits per heavy atom. The second kappa shape index (κ2) is 5.90. The van der Waals surface area contributed by atoms with Crippen LogP contribution in [0.1, 0.15) is 26.7 Å². The predicted octanol–water partition coefficient (Wildman–Crippen LogP) is 1.13. The third kappa shape index (κ3) is 4.50. The fourth-order valence-electron chi connectivity index (χ4n) is 1.09. The van der Waals surface area contributed by atoms with Crippen molar-refractivity contribution in [1.29, 1.82) is 0 Å². The van der Waals surface area contributed by atoms with Crippen molar-refractivity contribution in [3.63, 3.8) is 0 Å². The van der Waals surface area contributed by atoms with Crippen molar-refractivity contribution in [3.8, 4) is 0 Å². The van der Waals surface area contributed by atoms with Crippen molar-refractivity contribution in [2.75, 3.05) is 13.1 Å². The predicted molar refractivity (Wildman–Crippen MR) is 51.1 cm³/mol. The van der Waals surface area contributed by atoms with Crippen LogP contribution >= 0.6 is 0 Å². The first-order valence-electron chi connectivity index (χ1n) is 4.82. The zero-order chi connectivity index (χ0) is 11.2. The van der Waals surface area contributed by atoms with Crippen LogP contribution in [0, 0.1) is 5.92 Å². The summed E-state index contributed by atoms with van der Waals surface area (Å²) in [6, 6.07) is 0. The van der Waals surface area contributed by atoms with E-state index in [-0.39, 0.29) is 11.8 Å². The molecule has 3 N–H and O–H groups in total. The quantitative estimate of drug-likeness (QED) is 0.687. The van der Waals surface area contributed by atoms with Gasteiger partial charge < -0.3 is 11.1 Å². The van der Waals surface area contributed by atoms with Gasteiger partial charge in [-0.25, -0.2) is 8.78 Å². The van der Waals surface area contributed by atoms with Crippen molar-refractivity contribution in [2.24, 2.45) is 11.7 Å². The Bertz CT molecular complexity index is 182. The van der Waals surface area contributed by atoms with Crippen LogP contribution < -0.4 is 11.1 Å². The first kappa shape index (κ1) is 13.3. The Morgan fingerprint density at radius 2 is 1.93 bits per heavy atom. The van der Waals surface area contributed by atoms with Gasteiger partial charge in [0.2, 0.25) is 5.91 Å². The van der Waals surface area contributed by atoms with Crippen LogP contribution in [0.3, 0.4) is 0 Å². The van der Waals surface area contributed by atoms with E-state index in [0.29, 0.717) is 12.8 Å². The van der Waals surface area contributed by atoms with Crippen LogP contribution in [-0.2, 0) is 4.79 Å². The molecule has 5 heteroatoms. The summed E-state index contributed by atoms with van der Waals surface area (Å²) in [6.07, 6.45) is 1.33. The summed E-state index contributed by atoms with van der Waals surface area (Å²) in [7, 11) is 0. The van der Waals surface area contributed by atoms with Crippen LogP contribution in [0.2, 0.25) is 0 Å². The van der Waals surface area contributed by atoms with E-state index in [1.54, 1.807) is 0 Å². The number of rotatable bonds is 6. The molecule has 0 atom stereocenters. The lowest BCUT2D eigenvalue weighted by atomic mass is 10.0. The summed E-state index contributed by atoms with van der Waals surface area (Å²) < 4.78 is 25.3. The number of nitrogens with two attached hydrogens (primary N) is 1. The lowest BCUT2D eigenvalue weighted by Crippen LogP contribution is -2.43. The average Bonchev–Trinajstić information content (AvgIpc) is 2.17. The van der Waals surface area contributed by atoms with Crippen LogP contribution in [0.15, 0.2) is 0 Å². The van der Waals surface area contributed by atoms with E-state index < -0.39 is 19.0 Å². The first-order valence-corrected chi connectivity index (χ1v) is 4.82. The van der Waals surface area contributed by atoms with Crippen molar-refractivity contribution in [2.45, 2.75) is 32.6 Å². The molecule has 0 unspecified atom stereocenters. The summed E-state index contributed by atoms with van der Waals surface area (Å²) >= 11 is 0. The monoisotopic (exact) mass is 208 g/mol. The molecule has 0 aromatic carbocycles. The molecule has 3 nitrogen and oxygen atoms in total. The molecule has 0 aromatic heterocycles. The van der Waals surface area contributed by atoms with Crippen molar-refractivity contribution < 1.29 is 13.6 Å². The SMILES string of the molecule is CCC(CC)C(=O)NCC(F)(F)CN. The van der Waals surface area contributed by atoms with Gasteiger partial charge in [0.15, 0.2) is 0 Å². The van der Waals surface area contributed by atoms with Gasteiger partial charge in [-0.2, -0.15) is 0 Å². The van der Waals surface area contributed by atoms with Gasteiger partial charge >= 0.3 is 0 Å². The fourth-order valence-corrected chi connectivity index (χ4v) is 1.09. The molecule has 0 fully saturated rings. The zero-order valence-electron chi connectivity index (χ0n) is 8.65. The normalized spacial score (nSPS) is 11.9. The minimum absolute atomic E-state index is 0.177. The number of carbonyl (C=O) groups is 1. The lowest BCUT2D eigenvalue weighted by Gasteiger charge is -2.17.